The van der Waals surface area contributed by atoms with Gasteiger partial charge in [-0.3, -0.25) is 9.36 Å². The van der Waals surface area contributed by atoms with Gasteiger partial charge in [0.05, 0.1) is 20.2 Å². The van der Waals surface area contributed by atoms with Crippen LogP contribution in [0.5, 0.6) is 0 Å². The Balaban J connectivity index is 1.92. The maximum Gasteiger partial charge on any atom is 0.343 e. The lowest BCUT2D eigenvalue weighted by Crippen LogP contribution is -2.53. The molecule has 0 saturated carbocycles. The van der Waals surface area contributed by atoms with Crippen molar-refractivity contribution in [2.24, 2.45) is 0 Å². The molecule has 0 fully saturated rings. The number of hydrogen-bond acceptors (Lipinski definition) is 5. The minimum atomic E-state index is -2.16. The lowest BCUT2D eigenvalue weighted by atomic mass is 9.86. The number of rotatable bonds is 2. The van der Waals surface area contributed by atoms with Crippen LogP contribution in [0.25, 0.3) is 22.3 Å². The fourth-order valence-electron chi connectivity index (χ4n) is 5.30. The van der Waals surface area contributed by atoms with Gasteiger partial charge in [-0.05, 0) is 28.8 Å². The number of fused-ring (bicyclic) bond motifs is 5. The molecule has 2 aromatic heterocycles. The Kier molecular flexibility index (Phi) is 4.71. The van der Waals surface area contributed by atoms with Crippen molar-refractivity contribution in [3.63, 3.8) is 0 Å². The Hall–Kier alpha value is -2.97. The monoisotopic (exact) mass is 478 g/mol. The first-order chi connectivity index (χ1) is 15.8. The summed E-state index contributed by atoms with van der Waals surface area (Å²) < 4.78 is 7.69. The van der Waals surface area contributed by atoms with E-state index in [1.54, 1.807) is 17.6 Å². The molecule has 0 bridgehead atoms. The van der Waals surface area contributed by atoms with Crippen LogP contribution in [0, 0.1) is 5.21 Å². The van der Waals surface area contributed by atoms with Gasteiger partial charge < -0.3 is 15.1 Å². The maximum atomic E-state index is 13.7. The van der Waals surface area contributed by atoms with E-state index in [4.69, 9.17) is 4.74 Å². The average Bonchev–Trinajstić information content (AvgIpc) is 3.16. The van der Waals surface area contributed by atoms with E-state index in [0.29, 0.717) is 16.9 Å². The third kappa shape index (κ3) is 2.75. The van der Waals surface area contributed by atoms with Crippen molar-refractivity contribution >= 4 is 30.1 Å². The summed E-state index contributed by atoms with van der Waals surface area (Å²) in [6, 6.07) is 9.27. The molecule has 2 aliphatic heterocycles. The number of ether oxygens (including phenoxy) is 1. The summed E-state index contributed by atoms with van der Waals surface area (Å²) in [6.45, 7) is 13.1. The highest BCUT2D eigenvalue weighted by molar-refractivity contribution is 6.94. The van der Waals surface area contributed by atoms with Crippen molar-refractivity contribution in [3.05, 3.63) is 62.6 Å². The standard InChI is InChI=1S/C26H30N2O5Si/c1-7-26(31)18-12-20-21-16(13-27(20)23(29)17(18)14-33-24(26)30)22(34(5,6)25(2,3)4)15-10-8-9-11-19(15)28(21)32/h8-12,31H,7,13-14H2,1-6H3/t26-/m0/s1. The molecule has 7 nitrogen and oxygen atoms in total. The number of hydrogen-bond donors (Lipinski definition) is 1. The number of aromatic nitrogens is 2. The second kappa shape index (κ2) is 7.02. The molecule has 1 atom stereocenters. The zero-order chi connectivity index (χ0) is 24.8. The summed E-state index contributed by atoms with van der Waals surface area (Å²) >= 11 is 0. The van der Waals surface area contributed by atoms with E-state index in [9.17, 15) is 19.9 Å². The van der Waals surface area contributed by atoms with Crippen LogP contribution < -0.4 is 15.5 Å². The number of cyclic esters (lactones) is 1. The Labute approximate surface area is 199 Å². The molecule has 0 unspecified atom stereocenters. The molecule has 0 aliphatic carbocycles. The first-order valence-electron chi connectivity index (χ1n) is 11.7. The van der Waals surface area contributed by atoms with Gasteiger partial charge in [0, 0.05) is 22.6 Å². The summed E-state index contributed by atoms with van der Waals surface area (Å²) in [5, 5.41) is 27.0. The molecular weight excluding hydrogens is 448 g/mol. The Morgan fingerprint density at radius 2 is 1.88 bits per heavy atom. The van der Waals surface area contributed by atoms with Gasteiger partial charge in [-0.15, -0.1) is 0 Å². The molecule has 0 saturated heterocycles. The smallest absolute Gasteiger partial charge is 0.343 e. The summed E-state index contributed by atoms with van der Waals surface area (Å²) in [5.41, 5.74) is 0.605. The highest BCUT2D eigenvalue weighted by Gasteiger charge is 2.48. The highest BCUT2D eigenvalue weighted by Crippen LogP contribution is 2.42. The average molecular weight is 479 g/mol. The van der Waals surface area contributed by atoms with E-state index >= 15 is 0 Å². The first kappa shape index (κ1) is 22.8. The minimum Gasteiger partial charge on any atom is -0.618 e. The highest BCUT2D eigenvalue weighted by atomic mass is 28.3. The van der Waals surface area contributed by atoms with Gasteiger partial charge in [0.2, 0.25) is 11.2 Å². The predicted octanol–water partition coefficient (Wildman–Crippen LogP) is 3.03. The first-order valence-corrected chi connectivity index (χ1v) is 14.7. The van der Waals surface area contributed by atoms with Crippen LogP contribution in [-0.4, -0.2) is 23.7 Å². The fourth-order valence-corrected chi connectivity index (χ4v) is 7.89. The fraction of sp³-hybridized carbons (Fsp3) is 0.423. The van der Waals surface area contributed by atoms with Crippen LogP contribution in [0.4, 0.5) is 0 Å². The topological polar surface area (TPSA) is 95.5 Å². The number of carbonyl (C=O) groups is 1. The zero-order valence-electron chi connectivity index (χ0n) is 20.5. The van der Waals surface area contributed by atoms with Crippen molar-refractivity contribution in [2.45, 2.75) is 71.0 Å². The summed E-state index contributed by atoms with van der Waals surface area (Å²) in [4.78, 5) is 26.1. The third-order valence-electron chi connectivity index (χ3n) is 8.28. The van der Waals surface area contributed by atoms with E-state index in [2.05, 4.69) is 33.9 Å². The number of carbonyl (C=O) groups excluding carboxylic acids is 1. The quantitative estimate of drug-likeness (QED) is 0.207. The largest absolute Gasteiger partial charge is 0.618 e. The lowest BCUT2D eigenvalue weighted by molar-refractivity contribution is -0.565. The SMILES string of the molecule is CC[C@@]1(O)C(=O)OCc2c1cc1n(c2=O)Cc2c([Si](C)(C)C(C)(C)C)c3ccccc3[n+]([O-])c2-1. The number of benzene rings is 1. The number of para-hydroxylation sites is 1. The molecule has 178 valence electrons. The number of aliphatic hydroxyl groups is 1. The molecule has 8 heteroatoms. The molecule has 4 heterocycles. The molecule has 1 aromatic carbocycles. The van der Waals surface area contributed by atoms with Gasteiger partial charge in [-0.2, -0.15) is 4.73 Å². The van der Waals surface area contributed by atoms with Gasteiger partial charge in [-0.1, -0.05) is 52.9 Å². The normalized spacial score (nSPS) is 19.6. The van der Waals surface area contributed by atoms with Crippen molar-refractivity contribution in [3.8, 4) is 11.4 Å². The van der Waals surface area contributed by atoms with E-state index in [1.165, 1.54) is 5.19 Å². The molecule has 34 heavy (non-hydrogen) atoms. The molecule has 3 aromatic rings. The molecule has 2 aliphatic rings. The van der Waals surface area contributed by atoms with Gasteiger partial charge >= 0.3 is 5.97 Å². The Bertz CT molecular complexity index is 1450. The van der Waals surface area contributed by atoms with E-state index < -0.39 is 19.6 Å². The zero-order valence-corrected chi connectivity index (χ0v) is 21.5. The van der Waals surface area contributed by atoms with Crippen LogP contribution in [0.15, 0.2) is 35.1 Å². The second-order valence-electron chi connectivity index (χ2n) is 11.0. The van der Waals surface area contributed by atoms with Crippen molar-refractivity contribution in [2.75, 3.05) is 0 Å². The number of esters is 1. The molecule has 1 N–H and O–H groups in total. The third-order valence-corrected chi connectivity index (χ3v) is 13.9. The summed E-state index contributed by atoms with van der Waals surface area (Å²) in [6.07, 6.45) is 0.0684. The number of nitrogens with zero attached hydrogens (tertiary/aromatic N) is 2. The van der Waals surface area contributed by atoms with Crippen molar-refractivity contribution in [1.82, 2.24) is 4.57 Å². The van der Waals surface area contributed by atoms with Crippen molar-refractivity contribution < 1.29 is 19.4 Å². The molecule has 0 spiro atoms. The van der Waals surface area contributed by atoms with Crippen molar-refractivity contribution in [1.29, 1.82) is 0 Å². The van der Waals surface area contributed by atoms with Crippen LogP contribution >= 0.6 is 0 Å². The van der Waals surface area contributed by atoms with E-state index in [0.717, 1.165) is 15.7 Å². The van der Waals surface area contributed by atoms with Gasteiger partial charge in [0.25, 0.3) is 5.56 Å². The lowest BCUT2D eigenvalue weighted by Gasteiger charge is -2.38. The minimum absolute atomic E-state index is 0.000303. The molecule has 0 amide bonds. The molecule has 5 rings (SSSR count). The van der Waals surface area contributed by atoms with Crippen LogP contribution in [0.2, 0.25) is 18.1 Å². The van der Waals surface area contributed by atoms with Crippen LogP contribution in [-0.2, 0) is 28.3 Å². The van der Waals surface area contributed by atoms with Gasteiger partial charge in [0.1, 0.15) is 12.3 Å². The van der Waals surface area contributed by atoms with E-state index in [1.807, 2.05) is 24.3 Å². The molecule has 0 radical (unpaired) electrons. The van der Waals surface area contributed by atoms with E-state index in [-0.39, 0.29) is 41.3 Å². The molecular formula is C26H30N2O5Si. The second-order valence-corrected chi connectivity index (χ2v) is 16.2. The maximum absolute atomic E-state index is 13.7. The van der Waals surface area contributed by atoms with Gasteiger partial charge in [-0.25, -0.2) is 4.79 Å². The van der Waals surface area contributed by atoms with Crippen LogP contribution in [0.1, 0.15) is 50.8 Å². The van der Waals surface area contributed by atoms with Crippen LogP contribution in [0.3, 0.4) is 0 Å². The Morgan fingerprint density at radius 3 is 2.53 bits per heavy atom. The predicted molar refractivity (Wildman–Crippen MR) is 133 cm³/mol. The summed E-state index contributed by atoms with van der Waals surface area (Å²) in [5.74, 6) is -0.763. The van der Waals surface area contributed by atoms with Gasteiger partial charge in [0.15, 0.2) is 5.60 Å². The Morgan fingerprint density at radius 1 is 1.21 bits per heavy atom. The summed E-state index contributed by atoms with van der Waals surface area (Å²) in [7, 11) is -2.16. The number of pyridine rings is 2.